The molecular weight excluding hydrogens is 403 g/mol. The van der Waals surface area contributed by atoms with E-state index in [2.05, 4.69) is 0 Å². The first-order chi connectivity index (χ1) is 13.0. The predicted molar refractivity (Wildman–Crippen MR) is 94.4 cm³/mol. The first kappa shape index (κ1) is 21.5. The molecule has 0 saturated heterocycles. The Labute approximate surface area is 157 Å². The molecule has 3 rings (SSSR count). The fourth-order valence-corrected chi connectivity index (χ4v) is 3.03. The average Bonchev–Trinajstić information content (AvgIpc) is 2.67. The number of fused-ring (bicyclic) bond motifs is 1. The van der Waals surface area contributed by atoms with Crippen molar-refractivity contribution in [2.24, 2.45) is 0 Å². The third-order valence-electron chi connectivity index (χ3n) is 3.61. The average molecular weight is 416 g/mol. The molecule has 148 valence electrons. The second-order valence-corrected chi connectivity index (χ2v) is 6.86. The maximum absolute atomic E-state index is 12.9. The molecule has 9 heteroatoms. The number of allylic oxidation sites excluding steroid dienone is 1. The van der Waals surface area contributed by atoms with Crippen molar-refractivity contribution in [2.45, 2.75) is 10.8 Å². The fraction of sp³-hybridized carbons (Fsp3) is 0.0526. The third-order valence-corrected chi connectivity index (χ3v) is 4.52. The Bertz CT molecular complexity index is 1090. The van der Waals surface area contributed by atoms with E-state index in [1.54, 1.807) is 30.3 Å². The lowest BCUT2D eigenvalue weighted by Crippen LogP contribution is -2.14. The van der Waals surface area contributed by atoms with Crippen LogP contribution >= 0.6 is 0 Å². The van der Waals surface area contributed by atoms with Crippen LogP contribution in [0.25, 0.3) is 10.8 Å². The molecule has 1 N–H and O–H groups in total. The summed E-state index contributed by atoms with van der Waals surface area (Å²) >= 11 is 0. The van der Waals surface area contributed by atoms with Gasteiger partial charge in [-0.15, -0.1) is 0 Å². The van der Waals surface area contributed by atoms with Crippen molar-refractivity contribution in [3.05, 3.63) is 90.3 Å². The molecule has 0 fully saturated rings. The molecule has 28 heavy (non-hydrogen) atoms. The Balaban J connectivity index is 0.000000200. The Morgan fingerprint density at radius 3 is 1.89 bits per heavy atom. The van der Waals surface area contributed by atoms with E-state index in [-0.39, 0.29) is 4.90 Å². The molecule has 0 unspecified atom stereocenters. The van der Waals surface area contributed by atoms with Crippen molar-refractivity contribution in [3.8, 4) is 0 Å². The molecule has 0 radical (unpaired) electrons. The Kier molecular flexibility index (Phi) is 6.52. The van der Waals surface area contributed by atoms with E-state index in [4.69, 9.17) is 4.55 Å². The van der Waals surface area contributed by atoms with Crippen LogP contribution in [0.15, 0.2) is 89.6 Å². The molecule has 0 saturated carbocycles. The number of benzene rings is 3. The summed E-state index contributed by atoms with van der Waals surface area (Å²) < 4.78 is 92.4. The first-order valence-electron chi connectivity index (χ1n) is 7.65. The second-order valence-electron chi connectivity index (χ2n) is 5.47. The lowest BCUT2D eigenvalue weighted by molar-refractivity contribution is 0.00601. The summed E-state index contributed by atoms with van der Waals surface area (Å²) in [5.74, 6) is -6.97. The largest absolute Gasteiger partial charge is 0.329 e. The van der Waals surface area contributed by atoms with Gasteiger partial charge in [-0.25, -0.2) is 0 Å². The molecule has 3 aromatic rings. The van der Waals surface area contributed by atoms with Gasteiger partial charge in [-0.3, -0.25) is 4.55 Å². The van der Waals surface area contributed by atoms with Gasteiger partial charge in [0.15, 0.2) is 0 Å². The maximum Gasteiger partial charge on any atom is 0.329 e. The molecule has 3 nitrogen and oxygen atoms in total. The van der Waals surface area contributed by atoms with Gasteiger partial charge in [-0.05, 0) is 11.5 Å². The molecule has 0 heterocycles. The van der Waals surface area contributed by atoms with E-state index in [0.29, 0.717) is 5.39 Å². The van der Waals surface area contributed by atoms with Crippen LogP contribution in [0, 0.1) is 0 Å². The minimum atomic E-state index is -4.26. The number of rotatable bonds is 3. The van der Waals surface area contributed by atoms with Gasteiger partial charge in [0.25, 0.3) is 10.1 Å². The van der Waals surface area contributed by atoms with Gasteiger partial charge in [-0.2, -0.15) is 30.4 Å². The second kappa shape index (κ2) is 8.49. The molecule has 0 aromatic heterocycles. The van der Waals surface area contributed by atoms with E-state index in [0.717, 1.165) is 17.5 Å². The molecular formula is C19H13F5O3S. The van der Waals surface area contributed by atoms with Crippen LogP contribution in [0.2, 0.25) is 0 Å². The predicted octanol–water partition coefficient (Wildman–Crippen LogP) is 5.94. The Hall–Kier alpha value is -2.78. The zero-order chi connectivity index (χ0) is 20.9. The summed E-state index contributed by atoms with van der Waals surface area (Å²) in [5, 5.41) is 1.33. The van der Waals surface area contributed by atoms with Crippen LogP contribution in [-0.2, 0) is 16.0 Å². The van der Waals surface area contributed by atoms with Gasteiger partial charge in [0, 0.05) is 10.9 Å². The van der Waals surface area contributed by atoms with Gasteiger partial charge < -0.3 is 0 Å². The first-order valence-corrected chi connectivity index (χ1v) is 9.09. The Morgan fingerprint density at radius 1 is 0.786 bits per heavy atom. The highest BCUT2D eigenvalue weighted by molar-refractivity contribution is 7.86. The Morgan fingerprint density at radius 2 is 1.32 bits per heavy atom. The number of hydrogen-bond acceptors (Lipinski definition) is 2. The summed E-state index contributed by atoms with van der Waals surface area (Å²) in [6.07, 6.45) is -3.00. The molecule has 0 bridgehead atoms. The third kappa shape index (κ3) is 4.93. The summed E-state index contributed by atoms with van der Waals surface area (Å²) in [6.45, 7) is 0. The topological polar surface area (TPSA) is 54.4 Å². The highest BCUT2D eigenvalue weighted by atomic mass is 32.2. The van der Waals surface area contributed by atoms with E-state index < -0.39 is 33.5 Å². The van der Waals surface area contributed by atoms with Gasteiger partial charge in [0.2, 0.25) is 5.83 Å². The van der Waals surface area contributed by atoms with Crippen molar-refractivity contribution in [3.63, 3.8) is 0 Å². The lowest BCUT2D eigenvalue weighted by Gasteiger charge is -2.13. The van der Waals surface area contributed by atoms with Crippen molar-refractivity contribution in [2.75, 3.05) is 0 Å². The van der Waals surface area contributed by atoms with Crippen LogP contribution in [0.3, 0.4) is 0 Å². The zero-order valence-corrected chi connectivity index (χ0v) is 14.8. The monoisotopic (exact) mass is 416 g/mol. The van der Waals surface area contributed by atoms with E-state index in [1.807, 2.05) is 6.07 Å². The van der Waals surface area contributed by atoms with Crippen molar-refractivity contribution in [1.82, 2.24) is 0 Å². The zero-order valence-electron chi connectivity index (χ0n) is 14.0. The van der Waals surface area contributed by atoms with Crippen molar-refractivity contribution >= 4 is 20.9 Å². The normalized spacial score (nSPS) is 11.5. The van der Waals surface area contributed by atoms with E-state index in [1.165, 1.54) is 24.3 Å². The molecule has 0 atom stereocenters. The molecule has 0 aliphatic carbocycles. The smallest absolute Gasteiger partial charge is 0.282 e. The van der Waals surface area contributed by atoms with Crippen molar-refractivity contribution in [1.29, 1.82) is 0 Å². The molecule has 0 aliphatic rings. The number of alkyl halides is 2. The van der Waals surface area contributed by atoms with Gasteiger partial charge in [-0.1, -0.05) is 66.7 Å². The summed E-state index contributed by atoms with van der Waals surface area (Å²) in [5.41, 5.74) is -0.801. The minimum absolute atomic E-state index is 0.0457. The van der Waals surface area contributed by atoms with Crippen LogP contribution in [0.1, 0.15) is 5.56 Å². The van der Waals surface area contributed by atoms with Gasteiger partial charge in [0.1, 0.15) is 4.90 Å². The van der Waals surface area contributed by atoms with Gasteiger partial charge >= 0.3 is 12.0 Å². The summed E-state index contributed by atoms with van der Waals surface area (Å²) in [7, 11) is -4.13. The summed E-state index contributed by atoms with van der Waals surface area (Å²) in [6, 6.07) is 17.4. The number of hydrogen-bond donors (Lipinski definition) is 1. The van der Waals surface area contributed by atoms with E-state index in [9.17, 15) is 30.4 Å². The van der Waals surface area contributed by atoms with Crippen LogP contribution in [-0.4, -0.2) is 13.0 Å². The fourth-order valence-electron chi connectivity index (χ4n) is 2.31. The van der Waals surface area contributed by atoms with Crippen molar-refractivity contribution < 1.29 is 34.9 Å². The minimum Gasteiger partial charge on any atom is -0.282 e. The SMILES string of the molecule is FC(F)=C(F)C(F)(F)c1ccccc1.O=S(=O)(O)c1cccc2ccccc12. The summed E-state index contributed by atoms with van der Waals surface area (Å²) in [4.78, 5) is -0.0457. The highest BCUT2D eigenvalue weighted by Crippen LogP contribution is 2.38. The molecule has 0 aliphatic heterocycles. The molecule has 3 aromatic carbocycles. The number of halogens is 5. The molecule has 0 amide bonds. The standard InChI is InChI=1S/C10H8O3S.C9H5F5/c11-14(12,13)10-7-3-5-8-4-1-2-6-9(8)10;10-7(8(11)12)9(13,14)6-4-2-1-3-5-6/h1-7H,(H,11,12,13);1-5H. The van der Waals surface area contributed by atoms with Crippen LogP contribution in [0.4, 0.5) is 22.0 Å². The quantitative estimate of drug-likeness (QED) is 0.425. The van der Waals surface area contributed by atoms with Gasteiger partial charge in [0.05, 0.1) is 0 Å². The van der Waals surface area contributed by atoms with Crippen LogP contribution < -0.4 is 0 Å². The highest BCUT2D eigenvalue weighted by Gasteiger charge is 2.40. The van der Waals surface area contributed by atoms with E-state index >= 15 is 0 Å². The lowest BCUT2D eigenvalue weighted by atomic mass is 10.1. The molecule has 0 spiro atoms. The maximum atomic E-state index is 12.9. The van der Waals surface area contributed by atoms with Crippen LogP contribution in [0.5, 0.6) is 0 Å².